The van der Waals surface area contributed by atoms with Crippen LogP contribution >= 0.6 is 0 Å². The number of nitrogens with one attached hydrogen (secondary N) is 2. The van der Waals surface area contributed by atoms with E-state index < -0.39 is 18.4 Å². The molecule has 0 radical (unpaired) electrons. The molecule has 2 aromatic carbocycles. The lowest BCUT2D eigenvalue weighted by atomic mass is 10.2. The Labute approximate surface area is 157 Å². The van der Waals surface area contributed by atoms with Gasteiger partial charge >= 0.3 is 5.97 Å². The molecule has 0 aliphatic rings. The highest BCUT2D eigenvalue weighted by Gasteiger charge is 2.08. The number of carbonyl (C=O) groups excluding carboxylic acids is 2. The van der Waals surface area contributed by atoms with Crippen molar-refractivity contribution >= 4 is 23.5 Å². The molecule has 0 unspecified atom stereocenters. The number of hydrogen-bond acceptors (Lipinski definition) is 4. The van der Waals surface area contributed by atoms with Crippen molar-refractivity contribution in [1.29, 1.82) is 0 Å². The fourth-order valence-electron chi connectivity index (χ4n) is 2.29. The van der Waals surface area contributed by atoms with E-state index in [0.29, 0.717) is 37.3 Å². The summed E-state index contributed by atoms with van der Waals surface area (Å²) < 4.78 is 5.54. The summed E-state index contributed by atoms with van der Waals surface area (Å²) in [5.74, 6) is -1.73. The number of carbonyl (C=O) groups is 3. The molecule has 27 heavy (non-hydrogen) atoms. The van der Waals surface area contributed by atoms with Crippen molar-refractivity contribution in [2.45, 2.75) is 19.4 Å². The Morgan fingerprint density at radius 2 is 1.67 bits per heavy atom. The van der Waals surface area contributed by atoms with Gasteiger partial charge in [-0.15, -0.1) is 0 Å². The molecule has 0 atom stereocenters. The average Bonchev–Trinajstić information content (AvgIpc) is 2.67. The van der Waals surface area contributed by atoms with Crippen LogP contribution in [0, 0.1) is 0 Å². The number of anilines is 1. The zero-order chi connectivity index (χ0) is 19.5. The van der Waals surface area contributed by atoms with E-state index in [1.54, 1.807) is 12.1 Å². The molecule has 142 valence electrons. The first-order chi connectivity index (χ1) is 13.0. The summed E-state index contributed by atoms with van der Waals surface area (Å²) >= 11 is 0. The maximum atomic E-state index is 11.9. The van der Waals surface area contributed by atoms with E-state index in [9.17, 15) is 14.4 Å². The minimum absolute atomic E-state index is 0.138. The largest absolute Gasteiger partial charge is 0.480 e. The molecule has 0 heterocycles. The molecule has 2 aromatic rings. The molecule has 2 rings (SSSR count). The van der Waals surface area contributed by atoms with E-state index >= 15 is 0 Å². The van der Waals surface area contributed by atoms with Crippen molar-refractivity contribution in [3.63, 3.8) is 0 Å². The fraction of sp³-hybridized carbons (Fsp3) is 0.250. The van der Waals surface area contributed by atoms with Gasteiger partial charge in [0.05, 0.1) is 6.61 Å². The Morgan fingerprint density at radius 1 is 0.963 bits per heavy atom. The van der Waals surface area contributed by atoms with Crippen LogP contribution in [-0.4, -0.2) is 36.0 Å². The van der Waals surface area contributed by atoms with Crippen LogP contribution < -0.4 is 10.6 Å². The van der Waals surface area contributed by atoms with Crippen molar-refractivity contribution in [2.24, 2.45) is 0 Å². The first-order valence-corrected chi connectivity index (χ1v) is 8.56. The van der Waals surface area contributed by atoms with Gasteiger partial charge in [0.25, 0.3) is 5.91 Å². The lowest BCUT2D eigenvalue weighted by Crippen LogP contribution is -2.29. The van der Waals surface area contributed by atoms with E-state index in [2.05, 4.69) is 10.6 Å². The van der Waals surface area contributed by atoms with Crippen LogP contribution in [0.4, 0.5) is 5.69 Å². The molecule has 0 aliphatic carbocycles. The molecule has 0 fully saturated rings. The second-order valence-electron chi connectivity index (χ2n) is 5.84. The summed E-state index contributed by atoms with van der Waals surface area (Å²) in [5.41, 5.74) is 1.98. The molecule has 0 spiro atoms. The number of hydrogen-bond donors (Lipinski definition) is 3. The molecule has 3 N–H and O–H groups in total. The Hall–Kier alpha value is -3.19. The molecule has 0 aromatic heterocycles. The highest BCUT2D eigenvalue weighted by atomic mass is 16.5. The van der Waals surface area contributed by atoms with Crippen LogP contribution in [0.5, 0.6) is 0 Å². The molecule has 0 saturated carbocycles. The van der Waals surface area contributed by atoms with Gasteiger partial charge in [-0.1, -0.05) is 30.3 Å². The minimum atomic E-state index is -1.11. The molecule has 0 bridgehead atoms. The second kappa shape index (κ2) is 10.7. The minimum Gasteiger partial charge on any atom is -0.480 e. The van der Waals surface area contributed by atoms with E-state index in [0.717, 1.165) is 5.56 Å². The number of aliphatic carboxylic acids is 1. The summed E-state index contributed by atoms with van der Waals surface area (Å²) in [6.45, 7) is 0.572. The highest BCUT2D eigenvalue weighted by molar-refractivity contribution is 5.97. The average molecular weight is 370 g/mol. The first-order valence-electron chi connectivity index (χ1n) is 8.56. The Kier molecular flexibility index (Phi) is 7.99. The summed E-state index contributed by atoms with van der Waals surface area (Å²) in [7, 11) is 0. The number of ether oxygens (including phenoxy) is 1. The lowest BCUT2D eigenvalue weighted by Gasteiger charge is -2.07. The number of amides is 2. The van der Waals surface area contributed by atoms with Crippen LogP contribution in [0.3, 0.4) is 0 Å². The SMILES string of the molecule is O=C(O)CNC(=O)c1ccc(NC(=O)CCCOCc2ccccc2)cc1. The number of carboxylic acid groups (broad SMARTS) is 1. The maximum absolute atomic E-state index is 11.9. The quantitative estimate of drug-likeness (QED) is 0.557. The lowest BCUT2D eigenvalue weighted by molar-refractivity contribution is -0.135. The van der Waals surface area contributed by atoms with Gasteiger partial charge in [0.15, 0.2) is 0 Å². The third-order valence-corrected chi connectivity index (χ3v) is 3.64. The van der Waals surface area contributed by atoms with Crippen molar-refractivity contribution in [1.82, 2.24) is 5.32 Å². The molecule has 0 saturated heterocycles. The molecular formula is C20H22N2O5. The number of rotatable bonds is 10. The summed E-state index contributed by atoms with van der Waals surface area (Å²) in [6.07, 6.45) is 0.935. The zero-order valence-corrected chi connectivity index (χ0v) is 14.8. The Morgan fingerprint density at radius 3 is 2.33 bits per heavy atom. The van der Waals surface area contributed by atoms with Gasteiger partial charge < -0.3 is 20.5 Å². The predicted octanol–water partition coefficient (Wildman–Crippen LogP) is 2.44. The predicted molar refractivity (Wildman–Crippen MR) is 100 cm³/mol. The highest BCUT2D eigenvalue weighted by Crippen LogP contribution is 2.10. The molecule has 2 amide bonds. The molecular weight excluding hydrogens is 348 g/mol. The monoisotopic (exact) mass is 370 g/mol. The van der Waals surface area contributed by atoms with Crippen molar-refractivity contribution < 1.29 is 24.2 Å². The third kappa shape index (κ3) is 7.70. The first kappa shape index (κ1) is 20.1. The van der Waals surface area contributed by atoms with Gasteiger partial charge in [-0.05, 0) is 36.2 Å². The van der Waals surface area contributed by atoms with Gasteiger partial charge in [-0.2, -0.15) is 0 Å². The molecule has 0 aliphatic heterocycles. The molecule has 7 heteroatoms. The van der Waals surface area contributed by atoms with E-state index in [1.807, 2.05) is 30.3 Å². The smallest absolute Gasteiger partial charge is 0.322 e. The van der Waals surface area contributed by atoms with E-state index in [-0.39, 0.29) is 5.91 Å². The Bertz CT molecular complexity index is 760. The van der Waals surface area contributed by atoms with Gasteiger partial charge in [-0.3, -0.25) is 14.4 Å². The summed E-state index contributed by atoms with van der Waals surface area (Å²) in [5, 5.41) is 13.6. The third-order valence-electron chi connectivity index (χ3n) is 3.64. The van der Waals surface area contributed by atoms with E-state index in [4.69, 9.17) is 9.84 Å². The fourth-order valence-corrected chi connectivity index (χ4v) is 2.29. The van der Waals surface area contributed by atoms with Crippen LogP contribution in [0.2, 0.25) is 0 Å². The normalized spacial score (nSPS) is 10.2. The van der Waals surface area contributed by atoms with Gasteiger partial charge in [0.1, 0.15) is 6.54 Å². The van der Waals surface area contributed by atoms with Crippen LogP contribution in [-0.2, 0) is 20.9 Å². The summed E-state index contributed by atoms with van der Waals surface area (Å²) in [6, 6.07) is 16.1. The van der Waals surface area contributed by atoms with Crippen molar-refractivity contribution in [3.05, 3.63) is 65.7 Å². The van der Waals surface area contributed by atoms with Crippen molar-refractivity contribution in [2.75, 3.05) is 18.5 Å². The Balaban J connectivity index is 1.66. The van der Waals surface area contributed by atoms with Crippen LogP contribution in [0.1, 0.15) is 28.8 Å². The van der Waals surface area contributed by atoms with Crippen LogP contribution in [0.25, 0.3) is 0 Å². The maximum Gasteiger partial charge on any atom is 0.322 e. The van der Waals surface area contributed by atoms with Crippen molar-refractivity contribution in [3.8, 4) is 0 Å². The van der Waals surface area contributed by atoms with E-state index in [1.165, 1.54) is 12.1 Å². The summed E-state index contributed by atoms with van der Waals surface area (Å²) in [4.78, 5) is 34.1. The van der Waals surface area contributed by atoms with Crippen LogP contribution in [0.15, 0.2) is 54.6 Å². The van der Waals surface area contributed by atoms with Gasteiger partial charge in [-0.25, -0.2) is 0 Å². The molecule has 7 nitrogen and oxygen atoms in total. The topological polar surface area (TPSA) is 105 Å². The second-order valence-corrected chi connectivity index (χ2v) is 5.84. The number of benzene rings is 2. The standard InChI is InChI=1S/C20H22N2O5/c23-18(7-4-12-27-14-15-5-2-1-3-6-15)22-17-10-8-16(9-11-17)20(26)21-13-19(24)25/h1-3,5-6,8-11H,4,7,12-14H2,(H,21,26)(H,22,23)(H,24,25). The van der Waals surface area contributed by atoms with Gasteiger partial charge in [0.2, 0.25) is 5.91 Å². The zero-order valence-electron chi connectivity index (χ0n) is 14.8. The number of carboxylic acids is 1. The van der Waals surface area contributed by atoms with Gasteiger partial charge in [0, 0.05) is 24.3 Å².